The van der Waals surface area contributed by atoms with Crippen LogP contribution in [0.5, 0.6) is 23.0 Å². The number of methoxy groups -OCH3 is 4. The Balaban J connectivity index is 1.42. The summed E-state index contributed by atoms with van der Waals surface area (Å²) in [7, 11) is 6.72. The zero-order chi connectivity index (χ0) is 31.9. The normalized spacial score (nSPS) is 10.6. The fourth-order valence-corrected chi connectivity index (χ4v) is 5.47. The predicted molar refractivity (Wildman–Crippen MR) is 187 cm³/mol. The molecule has 6 aromatic carbocycles. The average Bonchev–Trinajstić information content (AvgIpc) is 3.13. The molecule has 0 spiro atoms. The van der Waals surface area contributed by atoms with Gasteiger partial charge in [-0.05, 0) is 132 Å². The van der Waals surface area contributed by atoms with Gasteiger partial charge in [-0.15, -0.1) is 0 Å². The van der Waals surface area contributed by atoms with Gasteiger partial charge in [0, 0.05) is 34.1 Å². The predicted octanol–water partition coefficient (Wildman–Crippen LogP) is 10.3. The van der Waals surface area contributed by atoms with E-state index >= 15 is 0 Å². The minimum absolute atomic E-state index is 0.808. The Morgan fingerprint density at radius 1 is 0.304 bits per heavy atom. The lowest BCUT2D eigenvalue weighted by Crippen LogP contribution is -2.10. The number of nitrogens with zero attached hydrogens (tertiary/aromatic N) is 2. The van der Waals surface area contributed by atoms with Crippen LogP contribution in [0.1, 0.15) is 0 Å². The van der Waals surface area contributed by atoms with E-state index in [1.165, 1.54) is 0 Å². The summed E-state index contributed by atoms with van der Waals surface area (Å²) >= 11 is 0. The molecule has 0 aliphatic rings. The van der Waals surface area contributed by atoms with Gasteiger partial charge in [0.25, 0.3) is 0 Å². The quantitative estimate of drug-likeness (QED) is 0.146. The van der Waals surface area contributed by atoms with Crippen LogP contribution in [0.15, 0.2) is 146 Å². The van der Waals surface area contributed by atoms with Gasteiger partial charge in [0.15, 0.2) is 0 Å². The summed E-state index contributed by atoms with van der Waals surface area (Å²) in [6, 6.07) is 49.6. The van der Waals surface area contributed by atoms with Gasteiger partial charge in [0.2, 0.25) is 0 Å². The molecule has 0 atom stereocenters. The molecule has 0 aromatic heterocycles. The van der Waals surface area contributed by atoms with Crippen molar-refractivity contribution < 1.29 is 18.9 Å². The highest BCUT2D eigenvalue weighted by molar-refractivity contribution is 5.83. The molecule has 46 heavy (non-hydrogen) atoms. The molecule has 0 unspecified atom stereocenters. The van der Waals surface area contributed by atoms with Gasteiger partial charge in [-0.25, -0.2) is 0 Å². The lowest BCUT2D eigenvalue weighted by atomic mass is 10.0. The van der Waals surface area contributed by atoms with Gasteiger partial charge in [0.05, 0.1) is 28.4 Å². The van der Waals surface area contributed by atoms with E-state index in [4.69, 9.17) is 18.9 Å². The zero-order valence-electron chi connectivity index (χ0n) is 26.4. The lowest BCUT2D eigenvalue weighted by molar-refractivity contribution is 0.414. The van der Waals surface area contributed by atoms with E-state index in [-0.39, 0.29) is 0 Å². The molecule has 230 valence electrons. The first-order valence-corrected chi connectivity index (χ1v) is 15.0. The Morgan fingerprint density at radius 3 is 0.804 bits per heavy atom. The Labute approximate surface area is 270 Å². The second-order valence-corrected chi connectivity index (χ2v) is 10.6. The smallest absolute Gasteiger partial charge is 0.119 e. The van der Waals surface area contributed by atoms with E-state index in [1.54, 1.807) is 28.4 Å². The van der Waals surface area contributed by atoms with Gasteiger partial charge < -0.3 is 28.7 Å². The number of benzene rings is 6. The number of hydrogen-bond donors (Lipinski definition) is 0. The van der Waals surface area contributed by atoms with Crippen LogP contribution in [-0.2, 0) is 0 Å². The molecular formula is C40H36N2O4. The summed E-state index contributed by atoms with van der Waals surface area (Å²) in [5.41, 5.74) is 8.31. The van der Waals surface area contributed by atoms with Gasteiger partial charge >= 0.3 is 0 Å². The number of anilines is 6. The zero-order valence-corrected chi connectivity index (χ0v) is 26.4. The summed E-state index contributed by atoms with van der Waals surface area (Å²) in [6.07, 6.45) is 0. The molecule has 0 radical (unpaired) electrons. The molecular weight excluding hydrogens is 572 g/mol. The van der Waals surface area contributed by atoms with Crippen molar-refractivity contribution in [3.05, 3.63) is 146 Å². The van der Waals surface area contributed by atoms with Crippen molar-refractivity contribution in [2.75, 3.05) is 38.2 Å². The topological polar surface area (TPSA) is 43.4 Å². The van der Waals surface area contributed by atoms with Gasteiger partial charge in [-0.1, -0.05) is 24.3 Å². The highest BCUT2D eigenvalue weighted by atomic mass is 16.5. The van der Waals surface area contributed by atoms with Crippen molar-refractivity contribution in [1.29, 1.82) is 0 Å². The number of ether oxygens (including phenoxy) is 4. The summed E-state index contributed by atoms with van der Waals surface area (Å²) < 4.78 is 21.7. The van der Waals surface area contributed by atoms with Crippen LogP contribution < -0.4 is 28.7 Å². The van der Waals surface area contributed by atoms with E-state index in [2.05, 4.69) is 107 Å². The summed E-state index contributed by atoms with van der Waals surface area (Å²) in [4.78, 5) is 4.46. The Bertz CT molecular complexity index is 1630. The molecule has 6 rings (SSSR count). The maximum Gasteiger partial charge on any atom is 0.119 e. The van der Waals surface area contributed by atoms with Gasteiger partial charge in [-0.3, -0.25) is 0 Å². The van der Waals surface area contributed by atoms with E-state index in [9.17, 15) is 0 Å². The first kappa shape index (κ1) is 30.2. The maximum atomic E-state index is 5.43. The maximum absolute atomic E-state index is 5.43. The first-order chi connectivity index (χ1) is 22.6. The Kier molecular flexibility index (Phi) is 9.07. The van der Waals surface area contributed by atoms with Crippen LogP contribution in [0.2, 0.25) is 0 Å². The largest absolute Gasteiger partial charge is 0.497 e. The van der Waals surface area contributed by atoms with Crippen molar-refractivity contribution >= 4 is 34.1 Å². The minimum Gasteiger partial charge on any atom is -0.497 e. The fourth-order valence-electron chi connectivity index (χ4n) is 5.47. The summed E-state index contributed by atoms with van der Waals surface area (Å²) in [5.74, 6) is 3.23. The molecule has 0 aliphatic carbocycles. The summed E-state index contributed by atoms with van der Waals surface area (Å²) in [6.45, 7) is 0. The van der Waals surface area contributed by atoms with Crippen LogP contribution in [0.25, 0.3) is 11.1 Å². The van der Waals surface area contributed by atoms with E-state index in [1.807, 2.05) is 48.5 Å². The van der Waals surface area contributed by atoms with Crippen LogP contribution in [0.3, 0.4) is 0 Å². The van der Waals surface area contributed by atoms with Crippen molar-refractivity contribution in [3.63, 3.8) is 0 Å². The van der Waals surface area contributed by atoms with Gasteiger partial charge in [0.1, 0.15) is 23.0 Å². The molecule has 6 nitrogen and oxygen atoms in total. The Morgan fingerprint density at radius 2 is 0.565 bits per heavy atom. The molecule has 0 saturated heterocycles. The second-order valence-electron chi connectivity index (χ2n) is 10.6. The first-order valence-electron chi connectivity index (χ1n) is 15.0. The minimum atomic E-state index is 0.808. The number of rotatable bonds is 11. The average molecular weight is 609 g/mol. The second kappa shape index (κ2) is 13.8. The van der Waals surface area contributed by atoms with E-state index in [0.29, 0.717) is 0 Å². The molecule has 0 fully saturated rings. The van der Waals surface area contributed by atoms with Crippen LogP contribution in [0, 0.1) is 0 Å². The van der Waals surface area contributed by atoms with E-state index < -0.39 is 0 Å². The van der Waals surface area contributed by atoms with Crippen LogP contribution >= 0.6 is 0 Å². The molecule has 6 heteroatoms. The fraction of sp³-hybridized carbons (Fsp3) is 0.100. The SMILES string of the molecule is COc1ccc(N(c2ccc(OC)cc2)c2cccc(-c3cccc(N(c4ccc(OC)cc4)c4ccc(OC)cc4)c3)c2)cc1. The van der Waals surface area contributed by atoms with Crippen molar-refractivity contribution in [2.24, 2.45) is 0 Å². The van der Waals surface area contributed by atoms with Crippen LogP contribution in [0.4, 0.5) is 34.1 Å². The molecule has 0 saturated carbocycles. The monoisotopic (exact) mass is 608 g/mol. The van der Waals surface area contributed by atoms with Crippen molar-refractivity contribution in [3.8, 4) is 34.1 Å². The molecule has 0 amide bonds. The summed E-state index contributed by atoms with van der Waals surface area (Å²) in [5, 5.41) is 0. The van der Waals surface area contributed by atoms with Crippen molar-refractivity contribution in [2.45, 2.75) is 0 Å². The Hall–Kier alpha value is -5.88. The highest BCUT2D eigenvalue weighted by Crippen LogP contribution is 2.40. The molecule has 0 heterocycles. The third kappa shape index (κ3) is 6.47. The molecule has 0 aliphatic heterocycles. The van der Waals surface area contributed by atoms with Crippen molar-refractivity contribution in [1.82, 2.24) is 0 Å². The lowest BCUT2D eigenvalue weighted by Gasteiger charge is -2.27. The number of hydrogen-bond acceptors (Lipinski definition) is 6. The van der Waals surface area contributed by atoms with Gasteiger partial charge in [-0.2, -0.15) is 0 Å². The van der Waals surface area contributed by atoms with Crippen LogP contribution in [-0.4, -0.2) is 28.4 Å². The standard InChI is InChI=1S/C40H36N2O4/c1-43-37-19-11-31(12-20-37)41(32-13-21-38(44-2)22-14-32)35-9-5-7-29(27-35)30-8-6-10-36(28-30)42(33-15-23-39(45-3)24-16-33)34-17-25-40(46-4)26-18-34/h5-28H,1-4H3. The van der Waals surface area contributed by atoms with E-state index in [0.717, 1.165) is 68.2 Å². The highest BCUT2D eigenvalue weighted by Gasteiger charge is 2.16. The third-order valence-corrected chi connectivity index (χ3v) is 7.86. The third-order valence-electron chi connectivity index (χ3n) is 7.86. The molecule has 0 N–H and O–H groups in total. The molecule has 0 bridgehead atoms. The molecule has 6 aromatic rings.